The van der Waals surface area contributed by atoms with Crippen molar-refractivity contribution in [3.05, 3.63) is 94.6 Å². The monoisotopic (exact) mass is 304 g/mol. The molecule has 0 radical (unpaired) electrons. The Hall–Kier alpha value is -2.08. The van der Waals surface area contributed by atoms with Crippen LogP contribution in [0.4, 0.5) is 0 Å². The zero-order valence-corrected chi connectivity index (χ0v) is 14.7. The van der Waals surface area contributed by atoms with Crippen LogP contribution in [-0.2, 0) is 6.42 Å². The zero-order chi connectivity index (χ0) is 16.5. The van der Waals surface area contributed by atoms with Gasteiger partial charge in [0, 0.05) is 0 Å². The average molecular weight is 304 g/mol. The summed E-state index contributed by atoms with van der Waals surface area (Å²) in [7, 11) is 0. The number of hydrogen-bond donors (Lipinski definition) is 0. The predicted octanol–water partition coefficient (Wildman–Crippen LogP) is 6.65. The van der Waals surface area contributed by atoms with Crippen molar-refractivity contribution < 1.29 is 0 Å². The molecule has 0 unspecified atom stereocenters. The van der Waals surface area contributed by atoms with Crippen LogP contribution in [0.2, 0.25) is 0 Å². The largest absolute Gasteiger partial charge is 0.0871 e. The Kier molecular flexibility index (Phi) is 6.87. The van der Waals surface area contributed by atoms with E-state index in [1.807, 2.05) is 0 Å². The topological polar surface area (TPSA) is 0 Å². The minimum absolute atomic E-state index is 1.06. The molecule has 120 valence electrons. The first-order chi connectivity index (χ1) is 11.2. The van der Waals surface area contributed by atoms with Gasteiger partial charge >= 0.3 is 0 Å². The molecule has 0 aliphatic heterocycles. The highest BCUT2D eigenvalue weighted by Gasteiger charge is 2.04. The second-order valence-electron chi connectivity index (χ2n) is 6.09. The molecule has 0 aromatic heterocycles. The minimum Gasteiger partial charge on any atom is -0.0871 e. The van der Waals surface area contributed by atoms with Gasteiger partial charge in [0.05, 0.1) is 0 Å². The molecular formula is C23H28. The van der Waals surface area contributed by atoms with E-state index in [2.05, 4.69) is 87.6 Å². The number of rotatable bonds is 7. The fraction of sp³-hybridized carbons (Fsp3) is 0.304. The SMILES string of the molecule is C\C=C/C(=C\C1=CCC=C1)C(=C\C)/CCCc1ccc(C)cc1. The number of hydrogen-bond acceptors (Lipinski definition) is 0. The van der Waals surface area contributed by atoms with E-state index in [1.54, 1.807) is 0 Å². The van der Waals surface area contributed by atoms with E-state index in [1.165, 1.54) is 34.3 Å². The summed E-state index contributed by atoms with van der Waals surface area (Å²) in [5, 5.41) is 0. The first kappa shape index (κ1) is 17.3. The summed E-state index contributed by atoms with van der Waals surface area (Å²) in [6.07, 6.45) is 20.2. The quantitative estimate of drug-likeness (QED) is 0.494. The summed E-state index contributed by atoms with van der Waals surface area (Å²) in [4.78, 5) is 0. The Balaban J connectivity index is 1.99. The van der Waals surface area contributed by atoms with E-state index >= 15 is 0 Å². The third-order valence-corrected chi connectivity index (χ3v) is 4.22. The molecule has 1 aromatic carbocycles. The van der Waals surface area contributed by atoms with E-state index in [-0.39, 0.29) is 0 Å². The third-order valence-electron chi connectivity index (χ3n) is 4.22. The first-order valence-corrected chi connectivity index (χ1v) is 8.65. The van der Waals surface area contributed by atoms with Crippen molar-refractivity contribution in [2.75, 3.05) is 0 Å². The maximum Gasteiger partial charge on any atom is -0.0157 e. The van der Waals surface area contributed by atoms with Crippen LogP contribution in [0.5, 0.6) is 0 Å². The molecule has 0 heteroatoms. The van der Waals surface area contributed by atoms with Gasteiger partial charge < -0.3 is 0 Å². The Morgan fingerprint density at radius 3 is 2.52 bits per heavy atom. The van der Waals surface area contributed by atoms with Gasteiger partial charge in [-0.1, -0.05) is 66.3 Å². The van der Waals surface area contributed by atoms with Crippen molar-refractivity contribution in [1.82, 2.24) is 0 Å². The van der Waals surface area contributed by atoms with E-state index in [0.29, 0.717) is 0 Å². The summed E-state index contributed by atoms with van der Waals surface area (Å²) >= 11 is 0. The summed E-state index contributed by atoms with van der Waals surface area (Å²) in [6, 6.07) is 8.91. The molecule has 2 rings (SSSR count). The van der Waals surface area contributed by atoms with Gasteiger partial charge in [-0.15, -0.1) is 0 Å². The third kappa shape index (κ3) is 5.56. The van der Waals surface area contributed by atoms with Crippen molar-refractivity contribution in [2.45, 2.75) is 46.5 Å². The highest BCUT2D eigenvalue weighted by Crippen LogP contribution is 2.23. The molecule has 1 aliphatic carbocycles. The fourth-order valence-electron chi connectivity index (χ4n) is 2.88. The Labute approximate surface area is 141 Å². The van der Waals surface area contributed by atoms with Gasteiger partial charge in [0.2, 0.25) is 0 Å². The summed E-state index contributed by atoms with van der Waals surface area (Å²) in [5.41, 5.74) is 6.88. The van der Waals surface area contributed by atoms with Crippen LogP contribution in [0.1, 0.15) is 44.2 Å². The first-order valence-electron chi connectivity index (χ1n) is 8.65. The maximum absolute atomic E-state index is 2.31. The molecule has 0 fully saturated rings. The summed E-state index contributed by atoms with van der Waals surface area (Å²) in [6.45, 7) is 6.38. The Morgan fingerprint density at radius 1 is 1.13 bits per heavy atom. The number of aryl methyl sites for hydroxylation is 2. The van der Waals surface area contributed by atoms with Gasteiger partial charge in [0.15, 0.2) is 0 Å². The lowest BCUT2D eigenvalue weighted by molar-refractivity contribution is 0.817. The lowest BCUT2D eigenvalue weighted by atomic mass is 9.96. The van der Waals surface area contributed by atoms with Crippen molar-refractivity contribution in [1.29, 1.82) is 0 Å². The van der Waals surface area contributed by atoms with Gasteiger partial charge in [0.1, 0.15) is 0 Å². The molecule has 0 saturated carbocycles. The Morgan fingerprint density at radius 2 is 1.91 bits per heavy atom. The average Bonchev–Trinajstić information content (AvgIpc) is 3.06. The van der Waals surface area contributed by atoms with Crippen molar-refractivity contribution in [3.63, 3.8) is 0 Å². The van der Waals surface area contributed by atoms with E-state index in [9.17, 15) is 0 Å². The summed E-state index contributed by atoms with van der Waals surface area (Å²) < 4.78 is 0. The number of benzene rings is 1. The van der Waals surface area contributed by atoms with Crippen LogP contribution in [-0.4, -0.2) is 0 Å². The van der Waals surface area contributed by atoms with Crippen LogP contribution < -0.4 is 0 Å². The maximum atomic E-state index is 2.31. The fourth-order valence-corrected chi connectivity index (χ4v) is 2.88. The molecule has 0 atom stereocenters. The molecule has 0 bridgehead atoms. The lowest BCUT2D eigenvalue weighted by Gasteiger charge is -2.10. The highest BCUT2D eigenvalue weighted by atomic mass is 14.1. The molecule has 0 saturated heterocycles. The smallest absolute Gasteiger partial charge is 0.0157 e. The molecule has 1 aromatic rings. The van der Waals surface area contributed by atoms with Gasteiger partial charge in [0.25, 0.3) is 0 Å². The van der Waals surface area contributed by atoms with Gasteiger partial charge in [-0.05, 0) is 74.8 Å². The van der Waals surface area contributed by atoms with Crippen LogP contribution in [0.15, 0.2) is 83.5 Å². The standard InChI is InChI=1S/C23H28/c1-4-9-23(18-21-10-6-7-11-21)22(5-2)13-8-12-20-16-14-19(3)15-17-20/h4-6,9-11,14-18H,7-8,12-13H2,1-3H3/b9-4-,22-5-,23-18+. The molecule has 0 spiro atoms. The van der Waals surface area contributed by atoms with Crippen LogP contribution in [0.3, 0.4) is 0 Å². The van der Waals surface area contributed by atoms with Crippen molar-refractivity contribution in [2.24, 2.45) is 0 Å². The second-order valence-corrected chi connectivity index (χ2v) is 6.09. The van der Waals surface area contributed by atoms with Gasteiger partial charge in [-0.2, -0.15) is 0 Å². The molecule has 0 N–H and O–H groups in total. The lowest BCUT2D eigenvalue weighted by Crippen LogP contribution is -1.92. The summed E-state index contributed by atoms with van der Waals surface area (Å²) in [5.74, 6) is 0. The highest BCUT2D eigenvalue weighted by molar-refractivity contribution is 5.48. The normalized spacial score (nSPS) is 15.5. The molecule has 23 heavy (non-hydrogen) atoms. The zero-order valence-electron chi connectivity index (χ0n) is 14.7. The molecule has 0 heterocycles. The van der Waals surface area contributed by atoms with Gasteiger partial charge in [-0.25, -0.2) is 0 Å². The minimum atomic E-state index is 1.06. The van der Waals surface area contributed by atoms with Gasteiger partial charge in [-0.3, -0.25) is 0 Å². The molecule has 0 nitrogen and oxygen atoms in total. The van der Waals surface area contributed by atoms with Crippen LogP contribution >= 0.6 is 0 Å². The van der Waals surface area contributed by atoms with Crippen molar-refractivity contribution in [3.8, 4) is 0 Å². The van der Waals surface area contributed by atoms with E-state index in [0.717, 1.165) is 19.3 Å². The van der Waals surface area contributed by atoms with Crippen molar-refractivity contribution >= 4 is 0 Å². The number of allylic oxidation sites excluding steroid dienone is 10. The van der Waals surface area contributed by atoms with E-state index in [4.69, 9.17) is 0 Å². The van der Waals surface area contributed by atoms with Crippen LogP contribution in [0, 0.1) is 6.92 Å². The molecular weight excluding hydrogens is 276 g/mol. The molecule has 1 aliphatic rings. The Bertz CT molecular complexity index is 646. The predicted molar refractivity (Wildman–Crippen MR) is 103 cm³/mol. The second kappa shape index (κ2) is 9.15. The molecule has 0 amide bonds. The van der Waals surface area contributed by atoms with Crippen LogP contribution in [0.25, 0.3) is 0 Å². The van der Waals surface area contributed by atoms with E-state index < -0.39 is 0 Å².